The zero-order chi connectivity index (χ0) is 29.0. The minimum Gasteiger partial charge on any atom is -0.459 e. The average molecular weight is 560 g/mol. The van der Waals surface area contributed by atoms with Crippen LogP contribution in [0.5, 0.6) is 0 Å². The topological polar surface area (TPSA) is 105 Å². The van der Waals surface area contributed by atoms with Crippen LogP contribution < -0.4 is 15.5 Å². The largest absolute Gasteiger partial charge is 0.459 e. The monoisotopic (exact) mass is 559 g/mol. The van der Waals surface area contributed by atoms with Gasteiger partial charge in [-0.3, -0.25) is 14.4 Å². The highest BCUT2D eigenvalue weighted by Gasteiger charge is 2.39. The Bertz CT molecular complexity index is 1510. The number of halogens is 1. The number of para-hydroxylation sites is 1. The number of carbonyl (C=O) groups is 4. The van der Waals surface area contributed by atoms with Gasteiger partial charge in [-0.1, -0.05) is 55.8 Å². The van der Waals surface area contributed by atoms with E-state index >= 15 is 0 Å². The van der Waals surface area contributed by atoms with Gasteiger partial charge in [-0.2, -0.15) is 0 Å². The van der Waals surface area contributed by atoms with Crippen LogP contribution in [0.2, 0.25) is 0 Å². The summed E-state index contributed by atoms with van der Waals surface area (Å²) in [6.07, 6.45) is 1.21. The Kier molecular flexibility index (Phi) is 8.70. The van der Waals surface area contributed by atoms with Crippen molar-refractivity contribution in [2.45, 2.75) is 46.6 Å². The van der Waals surface area contributed by atoms with Crippen LogP contribution >= 0.6 is 11.6 Å². The molecule has 206 valence electrons. The molecule has 0 saturated carbocycles. The van der Waals surface area contributed by atoms with Gasteiger partial charge in [-0.15, -0.1) is 0 Å². The fourth-order valence-electron chi connectivity index (χ4n) is 4.37. The van der Waals surface area contributed by atoms with E-state index in [1.165, 1.54) is 18.2 Å². The number of carbonyl (C=O) groups excluding carboxylic acids is 4. The number of ether oxygens (including phenoxy) is 1. The molecule has 40 heavy (non-hydrogen) atoms. The molecule has 4 rings (SSSR count). The SMILES string of the molecule is CCc1cccc(CC)c1NC(=O)c1cccc(NC2=C(Cl)C(=O)N(c3cccc(C(=O)OC(C)C)c3)C2=O)c1. The molecule has 0 spiro atoms. The molecule has 9 heteroatoms. The molecule has 0 unspecified atom stereocenters. The van der Waals surface area contributed by atoms with Crippen molar-refractivity contribution < 1.29 is 23.9 Å². The summed E-state index contributed by atoms with van der Waals surface area (Å²) in [4.78, 5) is 52.7. The fourth-order valence-corrected chi connectivity index (χ4v) is 4.58. The predicted octanol–water partition coefficient (Wildman–Crippen LogP) is 6.06. The molecule has 0 aromatic heterocycles. The van der Waals surface area contributed by atoms with Gasteiger partial charge in [0.1, 0.15) is 10.7 Å². The number of amides is 3. The Labute approximate surface area is 238 Å². The highest BCUT2D eigenvalue weighted by molar-refractivity contribution is 6.53. The van der Waals surface area contributed by atoms with Crippen LogP contribution in [0.25, 0.3) is 0 Å². The van der Waals surface area contributed by atoms with Crippen LogP contribution in [0.4, 0.5) is 17.1 Å². The molecular weight excluding hydrogens is 530 g/mol. The molecule has 0 fully saturated rings. The van der Waals surface area contributed by atoms with Gasteiger partial charge in [-0.05, 0) is 74.2 Å². The maximum absolute atomic E-state index is 13.3. The van der Waals surface area contributed by atoms with E-state index in [1.54, 1.807) is 44.2 Å². The maximum atomic E-state index is 13.3. The van der Waals surface area contributed by atoms with Crippen molar-refractivity contribution >= 4 is 52.4 Å². The van der Waals surface area contributed by atoms with Crippen LogP contribution in [-0.4, -0.2) is 29.8 Å². The third kappa shape index (κ3) is 5.92. The Morgan fingerprint density at radius 3 is 2.15 bits per heavy atom. The summed E-state index contributed by atoms with van der Waals surface area (Å²) in [5, 5.41) is 5.62. The molecule has 0 bridgehead atoms. The van der Waals surface area contributed by atoms with Gasteiger partial charge in [0, 0.05) is 16.9 Å². The second-order valence-corrected chi connectivity index (χ2v) is 9.84. The standard InChI is InChI=1S/C31H30ClN3O5/c1-5-19-10-7-11-20(6-2)26(19)34-28(36)21-12-8-14-23(16-21)33-27-25(32)29(37)35(30(27)38)24-15-9-13-22(17-24)31(39)40-18(3)4/h7-18,33H,5-6H2,1-4H3,(H,34,36). The molecule has 3 amide bonds. The van der Waals surface area contributed by atoms with Crippen LogP contribution in [0.1, 0.15) is 59.5 Å². The molecule has 1 aliphatic rings. The third-order valence-corrected chi connectivity index (χ3v) is 6.69. The van der Waals surface area contributed by atoms with Crippen molar-refractivity contribution in [2.24, 2.45) is 0 Å². The molecule has 1 aliphatic heterocycles. The number of nitrogens with zero attached hydrogens (tertiary/aromatic N) is 1. The van der Waals surface area contributed by atoms with Crippen molar-refractivity contribution in [1.29, 1.82) is 0 Å². The van der Waals surface area contributed by atoms with E-state index in [4.69, 9.17) is 16.3 Å². The molecule has 3 aromatic rings. The zero-order valence-corrected chi connectivity index (χ0v) is 23.5. The normalized spacial score (nSPS) is 13.2. The van der Waals surface area contributed by atoms with Crippen molar-refractivity contribution in [2.75, 3.05) is 15.5 Å². The number of esters is 1. The van der Waals surface area contributed by atoms with Gasteiger partial charge >= 0.3 is 5.97 Å². The van der Waals surface area contributed by atoms with Crippen LogP contribution in [0.3, 0.4) is 0 Å². The third-order valence-electron chi connectivity index (χ3n) is 6.34. The number of hydrogen-bond donors (Lipinski definition) is 2. The first-order valence-electron chi connectivity index (χ1n) is 13.0. The van der Waals surface area contributed by atoms with Crippen LogP contribution in [0.15, 0.2) is 77.5 Å². The first kappa shape index (κ1) is 28.6. The summed E-state index contributed by atoms with van der Waals surface area (Å²) in [7, 11) is 0. The molecule has 0 saturated heterocycles. The van der Waals surface area contributed by atoms with Crippen molar-refractivity contribution in [3.63, 3.8) is 0 Å². The first-order valence-corrected chi connectivity index (χ1v) is 13.4. The lowest BCUT2D eigenvalue weighted by molar-refractivity contribution is -0.120. The fraction of sp³-hybridized carbons (Fsp3) is 0.226. The van der Waals surface area contributed by atoms with Gasteiger partial charge in [0.15, 0.2) is 0 Å². The van der Waals surface area contributed by atoms with Crippen LogP contribution in [-0.2, 0) is 27.2 Å². The second-order valence-electron chi connectivity index (χ2n) is 9.46. The van der Waals surface area contributed by atoms with E-state index in [1.807, 2.05) is 32.0 Å². The summed E-state index contributed by atoms with van der Waals surface area (Å²) in [6.45, 7) is 7.51. The average Bonchev–Trinajstić information content (AvgIpc) is 3.15. The minimum absolute atomic E-state index is 0.135. The lowest BCUT2D eigenvalue weighted by Crippen LogP contribution is -2.32. The van der Waals surface area contributed by atoms with Crippen molar-refractivity contribution in [1.82, 2.24) is 0 Å². The number of imide groups is 1. The quantitative estimate of drug-likeness (QED) is 0.244. The number of aryl methyl sites for hydroxylation is 2. The second kappa shape index (κ2) is 12.2. The Hall–Kier alpha value is -4.43. The lowest BCUT2D eigenvalue weighted by atomic mass is 10.0. The predicted molar refractivity (Wildman–Crippen MR) is 156 cm³/mol. The number of anilines is 3. The number of benzene rings is 3. The van der Waals surface area contributed by atoms with E-state index in [2.05, 4.69) is 10.6 Å². The van der Waals surface area contributed by atoms with Gasteiger partial charge < -0.3 is 15.4 Å². The van der Waals surface area contributed by atoms with Gasteiger partial charge in [0.05, 0.1) is 17.4 Å². The summed E-state index contributed by atoms with van der Waals surface area (Å²) in [6, 6.07) is 18.5. The highest BCUT2D eigenvalue weighted by atomic mass is 35.5. The molecule has 0 atom stereocenters. The van der Waals surface area contributed by atoms with E-state index in [9.17, 15) is 19.2 Å². The van der Waals surface area contributed by atoms with Gasteiger partial charge in [0.2, 0.25) is 0 Å². The summed E-state index contributed by atoms with van der Waals surface area (Å²) in [5.41, 5.74) is 3.87. The molecule has 2 N–H and O–H groups in total. The Morgan fingerprint density at radius 2 is 1.50 bits per heavy atom. The molecule has 1 heterocycles. The molecule has 0 aliphatic carbocycles. The zero-order valence-electron chi connectivity index (χ0n) is 22.7. The summed E-state index contributed by atoms with van der Waals surface area (Å²) in [5.74, 6) is -2.31. The van der Waals surface area contributed by atoms with E-state index < -0.39 is 17.8 Å². The molecule has 8 nitrogen and oxygen atoms in total. The highest BCUT2D eigenvalue weighted by Crippen LogP contribution is 2.31. The summed E-state index contributed by atoms with van der Waals surface area (Å²) >= 11 is 6.30. The van der Waals surface area contributed by atoms with Gasteiger partial charge in [-0.25, -0.2) is 9.69 Å². The van der Waals surface area contributed by atoms with Crippen LogP contribution in [0, 0.1) is 0 Å². The van der Waals surface area contributed by atoms with Crippen molar-refractivity contribution in [3.05, 3.63) is 99.7 Å². The molecular formula is C31H30ClN3O5. The number of hydrogen-bond acceptors (Lipinski definition) is 6. The lowest BCUT2D eigenvalue weighted by Gasteiger charge is -2.17. The Morgan fingerprint density at radius 1 is 0.875 bits per heavy atom. The first-order chi connectivity index (χ1) is 19.1. The van der Waals surface area contributed by atoms with Crippen molar-refractivity contribution in [3.8, 4) is 0 Å². The maximum Gasteiger partial charge on any atom is 0.338 e. The molecule has 0 radical (unpaired) electrons. The molecule has 3 aromatic carbocycles. The summed E-state index contributed by atoms with van der Waals surface area (Å²) < 4.78 is 5.21. The van der Waals surface area contributed by atoms with E-state index in [-0.39, 0.29) is 34.0 Å². The van der Waals surface area contributed by atoms with E-state index in [0.717, 1.165) is 34.6 Å². The smallest absolute Gasteiger partial charge is 0.338 e. The van der Waals surface area contributed by atoms with E-state index in [0.29, 0.717) is 11.3 Å². The Balaban J connectivity index is 1.55. The minimum atomic E-state index is -0.735. The number of rotatable bonds is 9. The van der Waals surface area contributed by atoms with Gasteiger partial charge in [0.25, 0.3) is 17.7 Å². The number of nitrogens with one attached hydrogen (secondary N) is 2.